The third-order valence-electron chi connectivity index (χ3n) is 4.49. The molecule has 0 fully saturated rings. The first kappa shape index (κ1) is 20.6. The van der Waals surface area contributed by atoms with Crippen molar-refractivity contribution in [3.63, 3.8) is 0 Å². The molecule has 1 heterocycles. The van der Waals surface area contributed by atoms with Gasteiger partial charge in [-0.1, -0.05) is 48.6 Å². The molecule has 1 aromatic heterocycles. The van der Waals surface area contributed by atoms with Crippen LogP contribution in [0.5, 0.6) is 5.75 Å². The Bertz CT molecular complexity index is 985. The molecule has 1 unspecified atom stereocenters. The zero-order valence-electron chi connectivity index (χ0n) is 16.0. The highest BCUT2D eigenvalue weighted by Gasteiger charge is 2.14. The van der Waals surface area contributed by atoms with E-state index in [1.807, 2.05) is 0 Å². The van der Waals surface area contributed by atoms with Gasteiger partial charge in [0.15, 0.2) is 23.2 Å². The largest absolute Gasteiger partial charge is 0.505 e. The van der Waals surface area contributed by atoms with Crippen LogP contribution in [0.4, 0.5) is 8.78 Å². The molecular weight excluding hydrogens is 374 g/mol. The summed E-state index contributed by atoms with van der Waals surface area (Å²) in [6.45, 7) is 1.72. The molecule has 0 aliphatic heterocycles. The predicted molar refractivity (Wildman–Crippen MR) is 109 cm³/mol. The van der Waals surface area contributed by atoms with Gasteiger partial charge in [-0.2, -0.15) is 0 Å². The first-order valence-electron chi connectivity index (χ1n) is 9.40. The topological polar surface area (TPSA) is 66.2 Å². The number of rotatable bonds is 7. The standard InChI is InChI=1S/C23H22F2N2O2/c1-15(28)5-3-2-4-6-17-11-12-20(22(25)21(17)24)16-7-9-18(10-8-16)23-26-13-19(29)14-27-23/h4,6-15,28-29H,2-3,5H2,1H3/b6-4+. The molecule has 3 rings (SSSR count). The highest BCUT2D eigenvalue weighted by Crippen LogP contribution is 2.29. The summed E-state index contributed by atoms with van der Waals surface area (Å²) in [6, 6.07) is 9.89. The van der Waals surface area contributed by atoms with Crippen LogP contribution >= 0.6 is 0 Å². The minimum absolute atomic E-state index is 0.0278. The van der Waals surface area contributed by atoms with E-state index in [2.05, 4.69) is 9.97 Å². The van der Waals surface area contributed by atoms with Gasteiger partial charge in [0.25, 0.3) is 0 Å². The molecule has 0 saturated carbocycles. The molecule has 0 bridgehead atoms. The second kappa shape index (κ2) is 9.39. The molecule has 1 atom stereocenters. The first-order chi connectivity index (χ1) is 14.0. The van der Waals surface area contributed by atoms with Gasteiger partial charge in [0.1, 0.15) is 0 Å². The summed E-state index contributed by atoms with van der Waals surface area (Å²) in [5.74, 6) is -1.39. The monoisotopic (exact) mass is 396 g/mol. The van der Waals surface area contributed by atoms with E-state index in [1.54, 1.807) is 55.5 Å². The van der Waals surface area contributed by atoms with Gasteiger partial charge in [0.05, 0.1) is 18.5 Å². The van der Waals surface area contributed by atoms with Crippen molar-refractivity contribution < 1.29 is 19.0 Å². The summed E-state index contributed by atoms with van der Waals surface area (Å²) in [4.78, 5) is 8.06. The fraction of sp³-hybridized carbons (Fsp3) is 0.217. The first-order valence-corrected chi connectivity index (χ1v) is 9.40. The number of aromatic hydroxyl groups is 1. The molecule has 0 spiro atoms. The Morgan fingerprint density at radius 2 is 1.62 bits per heavy atom. The summed E-state index contributed by atoms with van der Waals surface area (Å²) in [7, 11) is 0. The second-order valence-corrected chi connectivity index (χ2v) is 6.85. The number of aromatic nitrogens is 2. The van der Waals surface area contributed by atoms with Gasteiger partial charge in [-0.05, 0) is 31.7 Å². The number of hydrogen-bond donors (Lipinski definition) is 2. The summed E-state index contributed by atoms with van der Waals surface area (Å²) >= 11 is 0. The lowest BCUT2D eigenvalue weighted by Gasteiger charge is -2.08. The molecule has 0 aliphatic rings. The molecule has 0 radical (unpaired) electrons. The van der Waals surface area contributed by atoms with Crippen LogP contribution in [-0.2, 0) is 0 Å². The molecule has 29 heavy (non-hydrogen) atoms. The van der Waals surface area contributed by atoms with Crippen molar-refractivity contribution in [2.45, 2.75) is 32.3 Å². The van der Waals surface area contributed by atoms with E-state index in [1.165, 1.54) is 12.4 Å². The average Bonchev–Trinajstić information content (AvgIpc) is 2.71. The fourth-order valence-corrected chi connectivity index (χ4v) is 2.93. The molecule has 3 aromatic rings. The van der Waals surface area contributed by atoms with Gasteiger partial charge in [-0.25, -0.2) is 18.7 Å². The summed E-state index contributed by atoms with van der Waals surface area (Å²) in [5.41, 5.74) is 1.60. The molecule has 4 nitrogen and oxygen atoms in total. The van der Waals surface area contributed by atoms with Crippen molar-refractivity contribution in [2.75, 3.05) is 0 Å². The van der Waals surface area contributed by atoms with Crippen molar-refractivity contribution in [1.82, 2.24) is 9.97 Å². The van der Waals surface area contributed by atoms with Gasteiger partial charge < -0.3 is 10.2 Å². The maximum absolute atomic E-state index is 14.6. The SMILES string of the molecule is CC(O)CCC/C=C/c1ccc(-c2ccc(-c3ncc(O)cn3)cc2)c(F)c1F. The zero-order valence-corrected chi connectivity index (χ0v) is 16.0. The van der Waals surface area contributed by atoms with E-state index in [9.17, 15) is 19.0 Å². The van der Waals surface area contributed by atoms with Crippen molar-refractivity contribution in [2.24, 2.45) is 0 Å². The van der Waals surface area contributed by atoms with Gasteiger partial charge in [-0.3, -0.25) is 0 Å². The van der Waals surface area contributed by atoms with E-state index in [4.69, 9.17) is 0 Å². The van der Waals surface area contributed by atoms with Crippen LogP contribution in [0.25, 0.3) is 28.6 Å². The van der Waals surface area contributed by atoms with Crippen molar-refractivity contribution in [1.29, 1.82) is 0 Å². The highest BCUT2D eigenvalue weighted by atomic mass is 19.2. The molecule has 0 saturated heterocycles. The van der Waals surface area contributed by atoms with Crippen LogP contribution in [0.15, 0.2) is 54.9 Å². The maximum Gasteiger partial charge on any atom is 0.167 e. The van der Waals surface area contributed by atoms with Crippen LogP contribution in [0.1, 0.15) is 31.7 Å². The van der Waals surface area contributed by atoms with Gasteiger partial charge >= 0.3 is 0 Å². The van der Waals surface area contributed by atoms with E-state index < -0.39 is 11.6 Å². The van der Waals surface area contributed by atoms with Gasteiger partial charge in [-0.15, -0.1) is 0 Å². The average molecular weight is 396 g/mol. The second-order valence-electron chi connectivity index (χ2n) is 6.85. The van der Waals surface area contributed by atoms with E-state index in [0.29, 0.717) is 29.8 Å². The summed E-state index contributed by atoms with van der Waals surface area (Å²) < 4.78 is 29.1. The Hall–Kier alpha value is -3.12. The minimum atomic E-state index is -0.898. The zero-order chi connectivity index (χ0) is 20.8. The Balaban J connectivity index is 1.76. The third-order valence-corrected chi connectivity index (χ3v) is 4.49. The smallest absolute Gasteiger partial charge is 0.167 e. The molecular formula is C23H22F2N2O2. The van der Waals surface area contributed by atoms with Crippen LogP contribution < -0.4 is 0 Å². The Kier molecular flexibility index (Phi) is 6.67. The van der Waals surface area contributed by atoms with Crippen LogP contribution in [-0.4, -0.2) is 26.3 Å². The van der Waals surface area contributed by atoms with Gasteiger partial charge in [0, 0.05) is 16.7 Å². The lowest BCUT2D eigenvalue weighted by atomic mass is 10.0. The number of allylic oxidation sites excluding steroid dienone is 1. The molecule has 2 N–H and O–H groups in total. The lowest BCUT2D eigenvalue weighted by Crippen LogP contribution is -1.97. The Morgan fingerprint density at radius 3 is 2.28 bits per heavy atom. The van der Waals surface area contributed by atoms with E-state index >= 15 is 0 Å². The number of benzene rings is 2. The summed E-state index contributed by atoms with van der Waals surface area (Å²) in [6.07, 6.45) is 7.72. The van der Waals surface area contributed by atoms with Crippen molar-refractivity contribution in [3.05, 3.63) is 72.1 Å². The van der Waals surface area contributed by atoms with Crippen LogP contribution in [0.2, 0.25) is 0 Å². The van der Waals surface area contributed by atoms with E-state index in [0.717, 1.165) is 6.42 Å². The fourth-order valence-electron chi connectivity index (χ4n) is 2.93. The normalized spacial score (nSPS) is 12.4. The number of nitrogens with zero attached hydrogens (tertiary/aromatic N) is 2. The van der Waals surface area contributed by atoms with Crippen molar-refractivity contribution >= 4 is 6.08 Å². The lowest BCUT2D eigenvalue weighted by molar-refractivity contribution is 0.182. The number of aliphatic hydroxyl groups is 1. The quantitative estimate of drug-likeness (QED) is 0.528. The third kappa shape index (κ3) is 5.23. The summed E-state index contributed by atoms with van der Waals surface area (Å²) in [5, 5.41) is 18.5. The van der Waals surface area contributed by atoms with Crippen LogP contribution in [0.3, 0.4) is 0 Å². The molecule has 150 valence electrons. The number of unbranched alkanes of at least 4 members (excludes halogenated alkanes) is 1. The molecule has 6 heteroatoms. The maximum atomic E-state index is 14.6. The van der Waals surface area contributed by atoms with Crippen LogP contribution in [0, 0.1) is 11.6 Å². The molecule has 0 amide bonds. The Labute approximate surface area is 168 Å². The predicted octanol–water partition coefficient (Wildman–Crippen LogP) is 5.36. The minimum Gasteiger partial charge on any atom is -0.505 e. The van der Waals surface area contributed by atoms with Gasteiger partial charge in [0.2, 0.25) is 0 Å². The molecule has 2 aromatic carbocycles. The number of halogens is 2. The highest BCUT2D eigenvalue weighted by molar-refractivity contribution is 5.70. The van der Waals surface area contributed by atoms with E-state index in [-0.39, 0.29) is 23.0 Å². The van der Waals surface area contributed by atoms with Crippen molar-refractivity contribution in [3.8, 4) is 28.3 Å². The Morgan fingerprint density at radius 1 is 0.966 bits per heavy atom. The number of hydrogen-bond acceptors (Lipinski definition) is 4. The molecule has 0 aliphatic carbocycles. The number of aliphatic hydroxyl groups excluding tert-OH is 1.